The van der Waals surface area contributed by atoms with Gasteiger partial charge in [0.1, 0.15) is 6.17 Å². The second-order valence-electron chi connectivity index (χ2n) is 2.36. The van der Waals surface area contributed by atoms with E-state index in [1.807, 2.05) is 6.07 Å². The minimum absolute atomic E-state index is 0.0660. The highest BCUT2D eigenvalue weighted by atomic mass is 19.1. The summed E-state index contributed by atoms with van der Waals surface area (Å²) in [6.07, 6.45) is 1.00. The zero-order valence-electron chi connectivity index (χ0n) is 6.20. The fourth-order valence-electron chi connectivity index (χ4n) is 0.829. The molecule has 0 spiro atoms. The molecule has 0 fully saturated rings. The summed E-state index contributed by atoms with van der Waals surface area (Å²) in [5.41, 5.74) is 5.87. The average molecular weight is 154 g/mol. The summed E-state index contributed by atoms with van der Waals surface area (Å²) in [6.45, 7) is 0.0660. The molecular formula is C8H11FN2. The number of rotatable bonds is 3. The van der Waals surface area contributed by atoms with E-state index in [-0.39, 0.29) is 6.54 Å². The standard InChI is InChI=1S/C8H11FN2/c9-7(6-10)5-8-3-1-2-4-11-8/h1-4,7H,5-6,10H2. The van der Waals surface area contributed by atoms with Crippen molar-refractivity contribution < 1.29 is 4.39 Å². The lowest BCUT2D eigenvalue weighted by Crippen LogP contribution is -2.17. The van der Waals surface area contributed by atoms with Crippen LogP contribution in [0.3, 0.4) is 0 Å². The normalized spacial score (nSPS) is 12.9. The molecule has 2 N–H and O–H groups in total. The van der Waals surface area contributed by atoms with Crippen molar-refractivity contribution in [1.29, 1.82) is 0 Å². The van der Waals surface area contributed by atoms with E-state index in [9.17, 15) is 4.39 Å². The maximum atomic E-state index is 12.7. The first-order valence-electron chi connectivity index (χ1n) is 3.57. The quantitative estimate of drug-likeness (QED) is 0.703. The number of aromatic nitrogens is 1. The van der Waals surface area contributed by atoms with Crippen molar-refractivity contribution in [2.45, 2.75) is 12.6 Å². The number of hydrogen-bond donors (Lipinski definition) is 1. The van der Waals surface area contributed by atoms with Gasteiger partial charge >= 0.3 is 0 Å². The molecule has 0 aliphatic heterocycles. The molecule has 3 heteroatoms. The monoisotopic (exact) mass is 154 g/mol. The summed E-state index contributed by atoms with van der Waals surface area (Å²) in [5, 5.41) is 0. The van der Waals surface area contributed by atoms with E-state index >= 15 is 0 Å². The first-order valence-corrected chi connectivity index (χ1v) is 3.57. The Morgan fingerprint density at radius 3 is 2.91 bits per heavy atom. The fourth-order valence-corrected chi connectivity index (χ4v) is 0.829. The highest BCUT2D eigenvalue weighted by Crippen LogP contribution is 2.00. The van der Waals surface area contributed by atoms with Gasteiger partial charge in [-0.15, -0.1) is 0 Å². The Bertz CT molecular complexity index is 201. The van der Waals surface area contributed by atoms with Gasteiger partial charge in [-0.05, 0) is 12.1 Å². The first-order chi connectivity index (χ1) is 5.33. The molecule has 0 aliphatic rings. The molecule has 2 nitrogen and oxygen atoms in total. The molecule has 0 saturated carbocycles. The fraction of sp³-hybridized carbons (Fsp3) is 0.375. The van der Waals surface area contributed by atoms with Crippen LogP contribution in [0, 0.1) is 0 Å². The molecule has 0 bridgehead atoms. The molecular weight excluding hydrogens is 143 g/mol. The van der Waals surface area contributed by atoms with Crippen LogP contribution >= 0.6 is 0 Å². The minimum Gasteiger partial charge on any atom is -0.328 e. The predicted octanol–water partition coefficient (Wildman–Crippen LogP) is 0.921. The van der Waals surface area contributed by atoms with Gasteiger partial charge in [-0.25, -0.2) is 4.39 Å². The third-order valence-corrected chi connectivity index (χ3v) is 1.41. The van der Waals surface area contributed by atoms with Gasteiger partial charge in [-0.3, -0.25) is 4.98 Å². The van der Waals surface area contributed by atoms with Gasteiger partial charge < -0.3 is 5.73 Å². The summed E-state index contributed by atoms with van der Waals surface area (Å²) in [4.78, 5) is 3.97. The first kappa shape index (κ1) is 8.14. The van der Waals surface area contributed by atoms with Crippen LogP contribution in [-0.4, -0.2) is 17.7 Å². The predicted molar refractivity (Wildman–Crippen MR) is 41.9 cm³/mol. The molecule has 60 valence electrons. The van der Waals surface area contributed by atoms with Crippen LogP contribution in [0.4, 0.5) is 4.39 Å². The lowest BCUT2D eigenvalue weighted by Gasteiger charge is -2.02. The number of alkyl halides is 1. The van der Waals surface area contributed by atoms with Crippen molar-refractivity contribution in [2.24, 2.45) is 5.73 Å². The maximum absolute atomic E-state index is 12.7. The maximum Gasteiger partial charge on any atom is 0.118 e. The van der Waals surface area contributed by atoms with Crippen LogP contribution in [0.15, 0.2) is 24.4 Å². The van der Waals surface area contributed by atoms with Gasteiger partial charge in [-0.2, -0.15) is 0 Å². The highest BCUT2D eigenvalue weighted by Gasteiger charge is 2.04. The van der Waals surface area contributed by atoms with Crippen molar-refractivity contribution in [3.63, 3.8) is 0 Å². The third-order valence-electron chi connectivity index (χ3n) is 1.41. The van der Waals surface area contributed by atoms with Crippen molar-refractivity contribution in [2.75, 3.05) is 6.54 Å². The van der Waals surface area contributed by atoms with Gasteiger partial charge in [0.25, 0.3) is 0 Å². The Hall–Kier alpha value is -0.960. The van der Waals surface area contributed by atoms with Crippen LogP contribution in [0.1, 0.15) is 5.69 Å². The SMILES string of the molecule is NCC(F)Cc1ccccn1. The molecule has 0 saturated heterocycles. The van der Waals surface area contributed by atoms with Crippen LogP contribution < -0.4 is 5.73 Å². The Balaban J connectivity index is 2.51. The van der Waals surface area contributed by atoms with E-state index in [0.717, 1.165) is 5.69 Å². The number of hydrogen-bond acceptors (Lipinski definition) is 2. The van der Waals surface area contributed by atoms with Gasteiger partial charge in [-0.1, -0.05) is 6.07 Å². The van der Waals surface area contributed by atoms with Crippen molar-refractivity contribution in [3.8, 4) is 0 Å². The Kier molecular flexibility index (Phi) is 2.98. The molecule has 0 radical (unpaired) electrons. The lowest BCUT2D eigenvalue weighted by molar-refractivity contribution is 0.338. The molecule has 1 atom stereocenters. The number of nitrogens with two attached hydrogens (primary N) is 1. The van der Waals surface area contributed by atoms with Crippen molar-refractivity contribution in [3.05, 3.63) is 30.1 Å². The van der Waals surface area contributed by atoms with Crippen molar-refractivity contribution >= 4 is 0 Å². The molecule has 1 aromatic rings. The number of pyridine rings is 1. The van der Waals surface area contributed by atoms with Gasteiger partial charge in [0.15, 0.2) is 0 Å². The van der Waals surface area contributed by atoms with Gasteiger partial charge in [0.2, 0.25) is 0 Å². The molecule has 0 aromatic carbocycles. The second kappa shape index (κ2) is 4.03. The Morgan fingerprint density at radius 2 is 2.36 bits per heavy atom. The van der Waals surface area contributed by atoms with Crippen LogP contribution in [0.2, 0.25) is 0 Å². The van der Waals surface area contributed by atoms with E-state index in [4.69, 9.17) is 5.73 Å². The number of nitrogens with zero attached hydrogens (tertiary/aromatic N) is 1. The Labute approximate surface area is 65.3 Å². The average Bonchev–Trinajstić information content (AvgIpc) is 2.06. The van der Waals surface area contributed by atoms with Crippen LogP contribution in [0.25, 0.3) is 0 Å². The third kappa shape index (κ3) is 2.63. The highest BCUT2D eigenvalue weighted by molar-refractivity contribution is 5.04. The van der Waals surface area contributed by atoms with E-state index < -0.39 is 6.17 Å². The summed E-state index contributed by atoms with van der Waals surface area (Å²) in [5.74, 6) is 0. The van der Waals surface area contributed by atoms with Gasteiger partial charge in [0.05, 0.1) is 0 Å². The summed E-state index contributed by atoms with van der Waals surface area (Å²) >= 11 is 0. The molecule has 1 unspecified atom stereocenters. The summed E-state index contributed by atoms with van der Waals surface area (Å²) < 4.78 is 12.7. The largest absolute Gasteiger partial charge is 0.328 e. The molecule has 1 rings (SSSR count). The Morgan fingerprint density at radius 1 is 1.55 bits per heavy atom. The smallest absolute Gasteiger partial charge is 0.118 e. The van der Waals surface area contributed by atoms with E-state index in [1.54, 1.807) is 18.3 Å². The van der Waals surface area contributed by atoms with E-state index in [1.165, 1.54) is 0 Å². The molecule has 11 heavy (non-hydrogen) atoms. The molecule has 0 amide bonds. The summed E-state index contributed by atoms with van der Waals surface area (Å²) in [6, 6.07) is 5.44. The van der Waals surface area contributed by atoms with E-state index in [0.29, 0.717) is 6.42 Å². The lowest BCUT2D eigenvalue weighted by atomic mass is 10.2. The van der Waals surface area contributed by atoms with Crippen LogP contribution in [0.5, 0.6) is 0 Å². The van der Waals surface area contributed by atoms with E-state index in [2.05, 4.69) is 4.98 Å². The van der Waals surface area contributed by atoms with Gasteiger partial charge in [0, 0.05) is 24.9 Å². The van der Waals surface area contributed by atoms with Crippen LogP contribution in [-0.2, 0) is 6.42 Å². The zero-order chi connectivity index (χ0) is 8.10. The molecule has 1 heterocycles. The van der Waals surface area contributed by atoms with Crippen molar-refractivity contribution in [1.82, 2.24) is 4.98 Å². The zero-order valence-corrected chi connectivity index (χ0v) is 6.20. The minimum atomic E-state index is -0.968. The second-order valence-corrected chi connectivity index (χ2v) is 2.36. The number of halogens is 1. The molecule has 0 aliphatic carbocycles. The topological polar surface area (TPSA) is 38.9 Å². The molecule has 1 aromatic heterocycles. The summed E-state index contributed by atoms with van der Waals surface area (Å²) in [7, 11) is 0.